The molecule has 0 spiro atoms. The van der Waals surface area contributed by atoms with Crippen LogP contribution in [0.1, 0.15) is 15.9 Å². The van der Waals surface area contributed by atoms with E-state index in [2.05, 4.69) is 19.0 Å². The molecule has 1 amide bonds. The lowest BCUT2D eigenvalue weighted by Crippen LogP contribution is -2.12. The molecule has 1 N–H and O–H groups in total. The van der Waals surface area contributed by atoms with Gasteiger partial charge < -0.3 is 9.73 Å². The molecule has 0 bridgehead atoms. The highest BCUT2D eigenvalue weighted by atomic mass is 32.1. The van der Waals surface area contributed by atoms with Gasteiger partial charge in [-0.3, -0.25) is 4.79 Å². The quantitative estimate of drug-likeness (QED) is 0.469. The monoisotopic (exact) mass is 386 g/mol. The number of aryl methyl sites for hydroxylation is 1. The molecule has 5 rings (SSSR count). The van der Waals surface area contributed by atoms with Crippen molar-refractivity contribution in [1.82, 2.24) is 13.7 Å². The SMILES string of the molecule is Cc1ccc(-c2nc3ccccc3o2)cc1NC(=O)c1ccc2nsnc2c1. The van der Waals surface area contributed by atoms with E-state index in [4.69, 9.17) is 4.42 Å². The maximum atomic E-state index is 12.7. The van der Waals surface area contributed by atoms with Crippen molar-refractivity contribution in [1.29, 1.82) is 0 Å². The maximum Gasteiger partial charge on any atom is 0.255 e. The number of fused-ring (bicyclic) bond motifs is 2. The lowest BCUT2D eigenvalue weighted by Gasteiger charge is -2.09. The number of hydrogen-bond donors (Lipinski definition) is 1. The zero-order valence-electron chi connectivity index (χ0n) is 14.8. The van der Waals surface area contributed by atoms with E-state index in [0.717, 1.165) is 45.0 Å². The van der Waals surface area contributed by atoms with Crippen LogP contribution < -0.4 is 5.32 Å². The molecule has 0 aliphatic rings. The Bertz CT molecular complexity index is 1310. The van der Waals surface area contributed by atoms with Gasteiger partial charge in [-0.1, -0.05) is 18.2 Å². The van der Waals surface area contributed by atoms with Gasteiger partial charge in [-0.15, -0.1) is 0 Å². The summed E-state index contributed by atoms with van der Waals surface area (Å²) in [6, 6.07) is 18.7. The number of rotatable bonds is 3. The van der Waals surface area contributed by atoms with Crippen LogP contribution in [0.15, 0.2) is 65.1 Å². The summed E-state index contributed by atoms with van der Waals surface area (Å²) >= 11 is 1.13. The summed E-state index contributed by atoms with van der Waals surface area (Å²) in [6.07, 6.45) is 0. The number of benzene rings is 3. The Morgan fingerprint density at radius 1 is 0.964 bits per heavy atom. The first-order chi connectivity index (χ1) is 13.7. The second-order valence-corrected chi connectivity index (χ2v) is 6.97. The number of oxazole rings is 1. The third kappa shape index (κ3) is 2.91. The highest BCUT2D eigenvalue weighted by Crippen LogP contribution is 2.28. The van der Waals surface area contributed by atoms with Gasteiger partial charge in [-0.2, -0.15) is 8.75 Å². The lowest BCUT2D eigenvalue weighted by molar-refractivity contribution is 0.102. The third-order valence-corrected chi connectivity index (χ3v) is 5.10. The van der Waals surface area contributed by atoms with Crippen molar-refractivity contribution in [2.24, 2.45) is 0 Å². The Morgan fingerprint density at radius 3 is 2.71 bits per heavy atom. The van der Waals surface area contributed by atoms with Crippen LogP contribution in [0, 0.1) is 6.92 Å². The average molecular weight is 386 g/mol. The standard InChI is InChI=1S/C21H14N4O2S/c1-12-6-7-14(21-23-16-4-2-3-5-19(16)27-21)11-17(12)22-20(26)13-8-9-15-18(10-13)25-28-24-15/h2-11H,1H3,(H,22,26). The van der Waals surface area contributed by atoms with Crippen LogP contribution >= 0.6 is 11.7 Å². The molecule has 0 fully saturated rings. The number of para-hydroxylation sites is 2. The fraction of sp³-hybridized carbons (Fsp3) is 0.0476. The van der Waals surface area contributed by atoms with E-state index in [1.807, 2.05) is 49.4 Å². The van der Waals surface area contributed by atoms with Gasteiger partial charge >= 0.3 is 0 Å². The fourth-order valence-electron chi connectivity index (χ4n) is 3.00. The Hall–Kier alpha value is -3.58. The van der Waals surface area contributed by atoms with Crippen LogP contribution in [0.4, 0.5) is 5.69 Å². The van der Waals surface area contributed by atoms with Crippen LogP contribution in [-0.4, -0.2) is 19.6 Å². The van der Waals surface area contributed by atoms with Gasteiger partial charge in [-0.25, -0.2) is 4.98 Å². The first kappa shape index (κ1) is 16.6. The Kier molecular flexibility index (Phi) is 3.87. The second-order valence-electron chi connectivity index (χ2n) is 6.44. The highest BCUT2D eigenvalue weighted by molar-refractivity contribution is 7.00. The van der Waals surface area contributed by atoms with Crippen molar-refractivity contribution in [3.05, 3.63) is 71.8 Å². The third-order valence-electron chi connectivity index (χ3n) is 4.54. The first-order valence-corrected chi connectivity index (χ1v) is 9.41. The molecule has 136 valence electrons. The molecule has 28 heavy (non-hydrogen) atoms. The summed E-state index contributed by atoms with van der Waals surface area (Å²) in [7, 11) is 0. The molecule has 6 nitrogen and oxygen atoms in total. The predicted octanol–water partition coefficient (Wildman–Crippen LogP) is 5.06. The molecular formula is C21H14N4O2S. The minimum Gasteiger partial charge on any atom is -0.436 e. The molecule has 0 saturated heterocycles. The minimum atomic E-state index is -0.201. The number of hydrogen-bond acceptors (Lipinski definition) is 6. The number of nitrogens with one attached hydrogen (secondary N) is 1. The van der Waals surface area contributed by atoms with Gasteiger partial charge in [-0.05, 0) is 55.0 Å². The number of amides is 1. The van der Waals surface area contributed by atoms with Crippen molar-refractivity contribution in [3.63, 3.8) is 0 Å². The summed E-state index contributed by atoms with van der Waals surface area (Å²) in [5.41, 5.74) is 6.03. The Balaban J connectivity index is 1.47. The normalized spacial score (nSPS) is 11.2. The Morgan fingerprint density at radius 2 is 1.82 bits per heavy atom. The molecule has 2 heterocycles. The van der Waals surface area contributed by atoms with Crippen LogP contribution in [0.25, 0.3) is 33.6 Å². The number of carbonyl (C=O) groups excluding carboxylic acids is 1. The van der Waals surface area contributed by atoms with Gasteiger partial charge in [0.25, 0.3) is 5.91 Å². The largest absolute Gasteiger partial charge is 0.436 e. The van der Waals surface area contributed by atoms with E-state index in [0.29, 0.717) is 17.1 Å². The molecule has 2 aromatic heterocycles. The molecule has 0 unspecified atom stereocenters. The maximum absolute atomic E-state index is 12.7. The number of nitrogens with zero attached hydrogens (tertiary/aromatic N) is 3. The Labute approximate surface area is 164 Å². The molecule has 0 atom stereocenters. The van der Waals surface area contributed by atoms with Crippen LogP contribution in [0.5, 0.6) is 0 Å². The van der Waals surface area contributed by atoms with E-state index in [-0.39, 0.29) is 5.91 Å². The smallest absolute Gasteiger partial charge is 0.255 e. The van der Waals surface area contributed by atoms with Crippen molar-refractivity contribution in [2.45, 2.75) is 6.92 Å². The average Bonchev–Trinajstić information content (AvgIpc) is 3.35. The molecule has 3 aromatic carbocycles. The molecule has 5 aromatic rings. The van der Waals surface area contributed by atoms with Crippen molar-refractivity contribution in [2.75, 3.05) is 5.32 Å². The molecule has 0 aliphatic carbocycles. The molecule has 0 saturated carbocycles. The zero-order chi connectivity index (χ0) is 19.1. The van der Waals surface area contributed by atoms with Gasteiger partial charge in [0.15, 0.2) is 5.58 Å². The van der Waals surface area contributed by atoms with Crippen molar-refractivity contribution >= 4 is 45.5 Å². The first-order valence-electron chi connectivity index (χ1n) is 8.68. The summed E-state index contributed by atoms with van der Waals surface area (Å²) < 4.78 is 14.2. The van der Waals surface area contributed by atoms with Crippen molar-refractivity contribution in [3.8, 4) is 11.5 Å². The molecule has 7 heteroatoms. The summed E-state index contributed by atoms with van der Waals surface area (Å²) in [6.45, 7) is 1.94. The number of carbonyl (C=O) groups is 1. The van der Waals surface area contributed by atoms with Crippen LogP contribution in [0.2, 0.25) is 0 Å². The summed E-state index contributed by atoms with van der Waals surface area (Å²) in [4.78, 5) is 17.3. The van der Waals surface area contributed by atoms with E-state index in [1.54, 1.807) is 18.2 Å². The van der Waals surface area contributed by atoms with Crippen LogP contribution in [-0.2, 0) is 0 Å². The zero-order valence-corrected chi connectivity index (χ0v) is 15.7. The van der Waals surface area contributed by atoms with E-state index in [9.17, 15) is 4.79 Å². The fourth-order valence-corrected chi connectivity index (χ4v) is 3.52. The second kappa shape index (κ2) is 6.54. The van der Waals surface area contributed by atoms with E-state index >= 15 is 0 Å². The highest BCUT2D eigenvalue weighted by Gasteiger charge is 2.13. The van der Waals surface area contributed by atoms with Gasteiger partial charge in [0, 0.05) is 16.8 Å². The molecular weight excluding hydrogens is 372 g/mol. The molecule has 0 radical (unpaired) electrons. The van der Waals surface area contributed by atoms with Gasteiger partial charge in [0.2, 0.25) is 5.89 Å². The van der Waals surface area contributed by atoms with Crippen LogP contribution in [0.3, 0.4) is 0 Å². The minimum absolute atomic E-state index is 0.201. The summed E-state index contributed by atoms with van der Waals surface area (Å²) in [5.74, 6) is 0.319. The van der Waals surface area contributed by atoms with Gasteiger partial charge in [0.05, 0.1) is 11.7 Å². The lowest BCUT2D eigenvalue weighted by atomic mass is 10.1. The van der Waals surface area contributed by atoms with E-state index < -0.39 is 0 Å². The molecule has 0 aliphatic heterocycles. The number of anilines is 1. The predicted molar refractivity (Wildman–Crippen MR) is 110 cm³/mol. The topological polar surface area (TPSA) is 80.9 Å². The van der Waals surface area contributed by atoms with E-state index in [1.165, 1.54) is 0 Å². The van der Waals surface area contributed by atoms with Gasteiger partial charge in [0.1, 0.15) is 16.6 Å². The summed E-state index contributed by atoms with van der Waals surface area (Å²) in [5, 5.41) is 2.97. The number of aromatic nitrogens is 3. The van der Waals surface area contributed by atoms with Crippen molar-refractivity contribution < 1.29 is 9.21 Å².